The van der Waals surface area contributed by atoms with Crippen molar-refractivity contribution >= 4 is 44.2 Å². The van der Waals surface area contributed by atoms with Crippen molar-refractivity contribution in [2.24, 2.45) is 0 Å². The molecule has 2 heterocycles. The Labute approximate surface area is 184 Å². The summed E-state index contributed by atoms with van der Waals surface area (Å²) in [6.45, 7) is 3.14. The molecule has 0 radical (unpaired) electrons. The number of aromatic nitrogens is 1. The third kappa shape index (κ3) is 3.97. The highest BCUT2D eigenvalue weighted by molar-refractivity contribution is 7.23. The number of ether oxygens (including phenoxy) is 3. The molecular formula is C22H23ClN2O4S. The molecule has 0 bridgehead atoms. The van der Waals surface area contributed by atoms with Gasteiger partial charge in [0.05, 0.1) is 42.1 Å². The second-order valence-corrected chi connectivity index (χ2v) is 8.54. The molecule has 1 aliphatic rings. The summed E-state index contributed by atoms with van der Waals surface area (Å²) in [5.74, 6) is 0.907. The number of fused-ring (bicyclic) bond motifs is 1. The van der Waals surface area contributed by atoms with Gasteiger partial charge in [0.2, 0.25) is 0 Å². The first-order valence-electron chi connectivity index (χ1n) is 9.73. The first kappa shape index (κ1) is 20.9. The smallest absolute Gasteiger partial charge is 0.260 e. The van der Waals surface area contributed by atoms with Gasteiger partial charge >= 0.3 is 0 Å². The molecule has 1 amide bonds. The van der Waals surface area contributed by atoms with Crippen LogP contribution in [0.15, 0.2) is 30.3 Å². The number of rotatable bonds is 6. The van der Waals surface area contributed by atoms with E-state index in [2.05, 4.69) is 0 Å². The zero-order valence-corrected chi connectivity index (χ0v) is 18.7. The lowest BCUT2D eigenvalue weighted by Crippen LogP contribution is -2.37. The Kier molecular flexibility index (Phi) is 6.13. The van der Waals surface area contributed by atoms with Crippen molar-refractivity contribution in [2.45, 2.75) is 25.9 Å². The molecule has 1 atom stereocenters. The summed E-state index contributed by atoms with van der Waals surface area (Å²) in [4.78, 5) is 20.0. The standard InChI is InChI=1S/C22H23ClN2O4S/c1-13-6-8-16(23)20-19(13)24-22(30-20)25(12-15-5-4-10-29-15)21(26)14-7-9-17(27-2)18(11-14)28-3/h6-9,11,15H,4-5,10,12H2,1-3H3. The number of hydrogen-bond donors (Lipinski definition) is 0. The molecule has 158 valence electrons. The normalized spacial score (nSPS) is 16.1. The van der Waals surface area contributed by atoms with Crippen LogP contribution in [0.4, 0.5) is 5.13 Å². The van der Waals surface area contributed by atoms with E-state index in [1.165, 1.54) is 11.3 Å². The summed E-state index contributed by atoms with van der Waals surface area (Å²) in [5.41, 5.74) is 2.33. The molecule has 0 saturated carbocycles. The zero-order valence-electron chi connectivity index (χ0n) is 17.1. The van der Waals surface area contributed by atoms with Crippen molar-refractivity contribution in [1.29, 1.82) is 0 Å². The minimum Gasteiger partial charge on any atom is -0.493 e. The van der Waals surface area contributed by atoms with Gasteiger partial charge in [-0.25, -0.2) is 4.98 Å². The van der Waals surface area contributed by atoms with Crippen molar-refractivity contribution in [3.8, 4) is 11.5 Å². The molecule has 30 heavy (non-hydrogen) atoms. The van der Waals surface area contributed by atoms with Crippen LogP contribution >= 0.6 is 22.9 Å². The molecule has 0 N–H and O–H groups in total. The maximum absolute atomic E-state index is 13.6. The van der Waals surface area contributed by atoms with Gasteiger partial charge in [0, 0.05) is 12.2 Å². The van der Waals surface area contributed by atoms with E-state index in [4.69, 9.17) is 30.8 Å². The number of methoxy groups -OCH3 is 2. The summed E-state index contributed by atoms with van der Waals surface area (Å²) < 4.78 is 17.4. The van der Waals surface area contributed by atoms with E-state index in [-0.39, 0.29) is 12.0 Å². The number of thiazole rings is 1. The van der Waals surface area contributed by atoms with Crippen molar-refractivity contribution in [1.82, 2.24) is 4.98 Å². The number of amides is 1. The SMILES string of the molecule is COc1ccc(C(=O)N(CC2CCCO2)c2nc3c(C)ccc(Cl)c3s2)cc1OC. The highest BCUT2D eigenvalue weighted by atomic mass is 35.5. The molecule has 1 saturated heterocycles. The number of hydrogen-bond acceptors (Lipinski definition) is 6. The molecule has 1 unspecified atom stereocenters. The van der Waals surface area contributed by atoms with Gasteiger partial charge in [-0.3, -0.25) is 9.69 Å². The molecule has 0 spiro atoms. The van der Waals surface area contributed by atoms with Crippen LogP contribution in [0, 0.1) is 6.92 Å². The molecule has 4 rings (SSSR count). The van der Waals surface area contributed by atoms with Gasteiger partial charge in [0.25, 0.3) is 5.91 Å². The van der Waals surface area contributed by atoms with Crippen LogP contribution in [0.3, 0.4) is 0 Å². The van der Waals surface area contributed by atoms with E-state index in [0.717, 1.165) is 28.6 Å². The first-order valence-corrected chi connectivity index (χ1v) is 10.9. The monoisotopic (exact) mass is 446 g/mol. The van der Waals surface area contributed by atoms with E-state index < -0.39 is 0 Å². The molecule has 1 fully saturated rings. The third-order valence-corrected chi connectivity index (χ3v) is 6.74. The number of aryl methyl sites for hydroxylation is 1. The molecule has 2 aromatic carbocycles. The molecule has 1 aliphatic heterocycles. The van der Waals surface area contributed by atoms with Gasteiger partial charge in [-0.05, 0) is 49.6 Å². The molecule has 1 aromatic heterocycles. The zero-order chi connectivity index (χ0) is 21.3. The second-order valence-electron chi connectivity index (χ2n) is 7.16. The third-order valence-electron chi connectivity index (χ3n) is 5.20. The fourth-order valence-corrected chi connectivity index (χ4v) is 4.90. The van der Waals surface area contributed by atoms with Gasteiger partial charge in [-0.1, -0.05) is 29.0 Å². The topological polar surface area (TPSA) is 60.9 Å². The van der Waals surface area contributed by atoms with Crippen LogP contribution < -0.4 is 14.4 Å². The van der Waals surface area contributed by atoms with Gasteiger partial charge in [0.15, 0.2) is 16.6 Å². The van der Waals surface area contributed by atoms with Crippen LogP contribution in [0.5, 0.6) is 11.5 Å². The Morgan fingerprint density at radius 3 is 2.73 bits per heavy atom. The molecule has 0 aliphatic carbocycles. The molecule has 6 nitrogen and oxygen atoms in total. The Hall–Kier alpha value is -2.35. The first-order chi connectivity index (χ1) is 14.5. The second kappa shape index (κ2) is 8.79. The number of carbonyl (C=O) groups excluding carboxylic acids is 1. The molecule has 8 heteroatoms. The highest BCUT2D eigenvalue weighted by Gasteiger charge is 2.28. The Morgan fingerprint density at radius 2 is 2.07 bits per heavy atom. The van der Waals surface area contributed by atoms with Gasteiger partial charge in [-0.2, -0.15) is 0 Å². The van der Waals surface area contributed by atoms with Crippen molar-refractivity contribution < 1.29 is 19.0 Å². The Morgan fingerprint density at radius 1 is 1.27 bits per heavy atom. The summed E-state index contributed by atoms with van der Waals surface area (Å²) in [5, 5.41) is 1.24. The van der Waals surface area contributed by atoms with Crippen molar-refractivity contribution in [3.05, 3.63) is 46.5 Å². The quantitative estimate of drug-likeness (QED) is 0.527. The number of anilines is 1. The van der Waals surface area contributed by atoms with Crippen molar-refractivity contribution in [2.75, 3.05) is 32.3 Å². The average Bonchev–Trinajstić information content (AvgIpc) is 3.44. The van der Waals surface area contributed by atoms with Gasteiger partial charge in [-0.15, -0.1) is 0 Å². The minimum atomic E-state index is -0.167. The van der Waals surface area contributed by atoms with E-state index in [1.54, 1.807) is 37.3 Å². The maximum Gasteiger partial charge on any atom is 0.260 e. The number of benzene rings is 2. The fraction of sp³-hybridized carbons (Fsp3) is 0.364. The Bertz CT molecular complexity index is 1040. The minimum absolute atomic E-state index is 0.0160. The largest absolute Gasteiger partial charge is 0.493 e. The lowest BCUT2D eigenvalue weighted by atomic mass is 10.1. The summed E-state index contributed by atoms with van der Waals surface area (Å²) in [6, 6.07) is 8.96. The Balaban J connectivity index is 1.75. The van der Waals surface area contributed by atoms with E-state index in [9.17, 15) is 4.79 Å². The van der Waals surface area contributed by atoms with Crippen LogP contribution in [0.2, 0.25) is 5.02 Å². The summed E-state index contributed by atoms with van der Waals surface area (Å²) in [6.07, 6.45) is 1.89. The number of carbonyl (C=O) groups is 1. The van der Waals surface area contributed by atoms with Crippen LogP contribution in [-0.2, 0) is 4.74 Å². The predicted octanol–water partition coefficient (Wildman–Crippen LogP) is 5.10. The van der Waals surface area contributed by atoms with Gasteiger partial charge in [0.1, 0.15) is 0 Å². The number of nitrogens with zero attached hydrogens (tertiary/aromatic N) is 2. The van der Waals surface area contributed by atoms with E-state index in [0.29, 0.717) is 40.4 Å². The highest BCUT2D eigenvalue weighted by Crippen LogP contribution is 2.37. The number of halogens is 1. The van der Waals surface area contributed by atoms with Crippen LogP contribution in [0.1, 0.15) is 28.8 Å². The van der Waals surface area contributed by atoms with Crippen molar-refractivity contribution in [3.63, 3.8) is 0 Å². The lowest BCUT2D eigenvalue weighted by Gasteiger charge is -2.23. The van der Waals surface area contributed by atoms with Crippen LogP contribution in [-0.4, -0.2) is 44.4 Å². The molecule has 3 aromatic rings. The fourth-order valence-electron chi connectivity index (χ4n) is 3.57. The lowest BCUT2D eigenvalue weighted by molar-refractivity contribution is 0.0917. The summed E-state index contributed by atoms with van der Waals surface area (Å²) >= 11 is 7.82. The predicted molar refractivity (Wildman–Crippen MR) is 120 cm³/mol. The molecular weight excluding hydrogens is 424 g/mol. The maximum atomic E-state index is 13.6. The van der Waals surface area contributed by atoms with E-state index >= 15 is 0 Å². The van der Waals surface area contributed by atoms with Crippen LogP contribution in [0.25, 0.3) is 10.2 Å². The average molecular weight is 447 g/mol. The summed E-state index contributed by atoms with van der Waals surface area (Å²) in [7, 11) is 3.12. The van der Waals surface area contributed by atoms with E-state index in [1.807, 2.05) is 19.1 Å². The van der Waals surface area contributed by atoms with Gasteiger partial charge < -0.3 is 14.2 Å².